The summed E-state index contributed by atoms with van der Waals surface area (Å²) in [6, 6.07) is 0.0936. The van der Waals surface area contributed by atoms with Crippen molar-refractivity contribution in [2.24, 2.45) is 0 Å². The Labute approximate surface area is 145 Å². The third kappa shape index (κ3) is 10.7. The Morgan fingerprint density at radius 1 is 0.870 bits per heavy atom. The summed E-state index contributed by atoms with van der Waals surface area (Å²) in [7, 11) is 4.31. The van der Waals surface area contributed by atoms with Crippen molar-refractivity contribution in [2.45, 2.75) is 96.9 Å². The van der Waals surface area contributed by atoms with E-state index in [1.54, 1.807) is 0 Å². The van der Waals surface area contributed by atoms with Crippen LogP contribution in [0.5, 0.6) is 0 Å². The number of nitrogens with zero attached hydrogens (tertiary/aromatic N) is 1. The normalized spacial score (nSPS) is 13.0. The molecule has 0 aromatic heterocycles. The molecule has 0 rings (SSSR count). The second-order valence-electron chi connectivity index (χ2n) is 7.54. The first kappa shape index (κ1) is 22.4. The van der Waals surface area contributed by atoms with Gasteiger partial charge in [-0.3, -0.25) is 4.79 Å². The third-order valence-corrected chi connectivity index (χ3v) is 5.27. The van der Waals surface area contributed by atoms with Gasteiger partial charge in [-0.15, -0.1) is 0 Å². The highest BCUT2D eigenvalue weighted by atomic mass is 16.1. The van der Waals surface area contributed by atoms with Gasteiger partial charge < -0.3 is 4.48 Å². The van der Waals surface area contributed by atoms with E-state index < -0.39 is 0 Å². The summed E-state index contributed by atoms with van der Waals surface area (Å²) in [4.78, 5) is 12.1. The van der Waals surface area contributed by atoms with Crippen LogP contribution in [0.3, 0.4) is 0 Å². The first-order chi connectivity index (χ1) is 11.0. The monoisotopic (exact) mass is 324 g/mol. The van der Waals surface area contributed by atoms with E-state index in [-0.39, 0.29) is 11.8 Å². The Kier molecular flexibility index (Phi) is 13.4. The number of likely N-dealkylation sites (N-methyl/N-ethyl adjacent to an activating group) is 1. The average molecular weight is 325 g/mol. The molecule has 0 aliphatic rings. The molecular formula is C21H42NO+. The molecule has 0 heterocycles. The van der Waals surface area contributed by atoms with E-state index in [9.17, 15) is 4.79 Å². The topological polar surface area (TPSA) is 17.1 Å². The Balaban J connectivity index is 3.71. The summed E-state index contributed by atoms with van der Waals surface area (Å²) in [5.41, 5.74) is 0. The molecule has 0 aromatic rings. The summed E-state index contributed by atoms with van der Waals surface area (Å²) >= 11 is 0. The van der Waals surface area contributed by atoms with E-state index in [1.807, 2.05) is 0 Å². The van der Waals surface area contributed by atoms with Crippen molar-refractivity contribution in [1.29, 1.82) is 0 Å². The Hall–Kier alpha value is -0.630. The number of unbranched alkanes of at least 4 members (excludes halogenated alkanes) is 10. The van der Waals surface area contributed by atoms with E-state index in [1.165, 1.54) is 76.7 Å². The van der Waals surface area contributed by atoms with Gasteiger partial charge in [0.25, 0.3) is 0 Å². The molecule has 23 heavy (non-hydrogen) atoms. The van der Waals surface area contributed by atoms with Crippen LogP contribution in [0, 0.1) is 0 Å². The lowest BCUT2D eigenvalue weighted by Gasteiger charge is -2.35. The van der Waals surface area contributed by atoms with Crippen LogP contribution >= 0.6 is 0 Å². The summed E-state index contributed by atoms with van der Waals surface area (Å²) in [6.07, 6.45) is 17.4. The van der Waals surface area contributed by atoms with Crippen molar-refractivity contribution in [3.63, 3.8) is 0 Å². The highest BCUT2D eigenvalue weighted by Crippen LogP contribution is 2.18. The zero-order chi connectivity index (χ0) is 17.6. The van der Waals surface area contributed by atoms with E-state index in [0.717, 1.165) is 17.4 Å². The van der Waals surface area contributed by atoms with Gasteiger partial charge in [-0.2, -0.15) is 0 Å². The number of quaternary nitrogens is 1. The molecule has 2 nitrogen and oxygen atoms in total. The van der Waals surface area contributed by atoms with Crippen LogP contribution < -0.4 is 0 Å². The van der Waals surface area contributed by atoms with Gasteiger partial charge in [0, 0.05) is 6.42 Å². The van der Waals surface area contributed by atoms with Gasteiger partial charge >= 0.3 is 0 Å². The first-order valence-electron chi connectivity index (χ1n) is 9.98. The van der Waals surface area contributed by atoms with Crippen molar-refractivity contribution < 1.29 is 9.28 Å². The minimum atomic E-state index is 0.0936. The second-order valence-corrected chi connectivity index (χ2v) is 7.54. The largest absolute Gasteiger partial charge is 0.320 e. The number of hydrogen-bond donors (Lipinski definition) is 0. The Morgan fingerprint density at radius 3 is 1.70 bits per heavy atom. The molecular weight excluding hydrogens is 282 g/mol. The molecule has 0 bridgehead atoms. The average Bonchev–Trinajstić information content (AvgIpc) is 2.55. The quantitative estimate of drug-likeness (QED) is 0.196. The van der Waals surface area contributed by atoms with Gasteiger partial charge in [0.05, 0.1) is 20.6 Å². The van der Waals surface area contributed by atoms with Gasteiger partial charge in [-0.1, -0.05) is 77.7 Å². The predicted octanol–water partition coefficient (Wildman–Crippen LogP) is 5.91. The van der Waals surface area contributed by atoms with Gasteiger partial charge in [-0.05, 0) is 19.4 Å². The van der Waals surface area contributed by atoms with Crippen LogP contribution in [0.2, 0.25) is 0 Å². The molecule has 1 unspecified atom stereocenters. The molecule has 0 aliphatic heterocycles. The lowest BCUT2D eigenvalue weighted by atomic mass is 9.99. The predicted molar refractivity (Wildman–Crippen MR) is 103 cm³/mol. The van der Waals surface area contributed by atoms with E-state index in [4.69, 9.17) is 0 Å². The molecule has 0 fully saturated rings. The maximum Gasteiger partial charge on any atom is 0.212 e. The van der Waals surface area contributed by atoms with Crippen LogP contribution in [0.1, 0.15) is 90.9 Å². The fraction of sp³-hybridized carbons (Fsp3) is 0.857. The maximum absolute atomic E-state index is 12.1. The number of rotatable bonds is 16. The van der Waals surface area contributed by atoms with Crippen molar-refractivity contribution >= 4 is 5.78 Å². The first-order valence-corrected chi connectivity index (χ1v) is 9.98. The summed E-state index contributed by atoms with van der Waals surface area (Å²) in [5.74, 6) is 0.212. The fourth-order valence-electron chi connectivity index (χ4n) is 3.19. The van der Waals surface area contributed by atoms with Crippen LogP contribution in [0.15, 0.2) is 12.7 Å². The minimum Gasteiger partial charge on any atom is -0.320 e. The zero-order valence-corrected chi connectivity index (χ0v) is 16.4. The highest BCUT2D eigenvalue weighted by molar-refractivity contribution is 5.92. The number of hydrogen-bond acceptors (Lipinski definition) is 1. The molecule has 136 valence electrons. The molecule has 0 radical (unpaired) electrons. The van der Waals surface area contributed by atoms with Crippen LogP contribution in [0.25, 0.3) is 0 Å². The Morgan fingerprint density at radius 2 is 1.30 bits per heavy atom. The van der Waals surface area contributed by atoms with Crippen molar-refractivity contribution in [3.05, 3.63) is 12.7 Å². The molecule has 0 amide bonds. The molecule has 1 atom stereocenters. The zero-order valence-electron chi connectivity index (χ0n) is 16.4. The number of ketones is 1. The van der Waals surface area contributed by atoms with E-state index in [0.29, 0.717) is 0 Å². The molecule has 0 aliphatic carbocycles. The highest BCUT2D eigenvalue weighted by Gasteiger charge is 2.30. The maximum atomic E-state index is 12.1. The SMILES string of the molecule is C=CC(=O)C(CCCCCCCCCCCCC)[N+](C)(C)CC. The van der Waals surface area contributed by atoms with E-state index >= 15 is 0 Å². The molecule has 0 spiro atoms. The fourth-order valence-corrected chi connectivity index (χ4v) is 3.19. The van der Waals surface area contributed by atoms with Crippen LogP contribution in [-0.4, -0.2) is 36.9 Å². The summed E-state index contributed by atoms with van der Waals surface area (Å²) in [5, 5.41) is 0. The van der Waals surface area contributed by atoms with Gasteiger partial charge in [0.2, 0.25) is 5.78 Å². The van der Waals surface area contributed by atoms with Crippen molar-refractivity contribution in [2.75, 3.05) is 20.6 Å². The molecule has 0 saturated carbocycles. The number of carbonyl (C=O) groups excluding carboxylic acids is 1. The third-order valence-electron chi connectivity index (χ3n) is 5.27. The summed E-state index contributed by atoms with van der Waals surface area (Å²) < 4.78 is 0.780. The lowest BCUT2D eigenvalue weighted by molar-refractivity contribution is -0.904. The van der Waals surface area contributed by atoms with Crippen LogP contribution in [0.4, 0.5) is 0 Å². The van der Waals surface area contributed by atoms with E-state index in [2.05, 4.69) is 34.5 Å². The molecule has 0 aromatic carbocycles. The van der Waals surface area contributed by atoms with Crippen molar-refractivity contribution in [1.82, 2.24) is 0 Å². The molecule has 2 heteroatoms. The molecule has 0 saturated heterocycles. The lowest BCUT2D eigenvalue weighted by Crippen LogP contribution is -2.52. The second kappa shape index (κ2) is 13.8. The van der Waals surface area contributed by atoms with Gasteiger partial charge in [0.1, 0.15) is 0 Å². The van der Waals surface area contributed by atoms with Crippen molar-refractivity contribution in [3.8, 4) is 0 Å². The minimum absolute atomic E-state index is 0.0936. The molecule has 0 N–H and O–H groups in total. The smallest absolute Gasteiger partial charge is 0.212 e. The number of carbonyl (C=O) groups is 1. The van der Waals surface area contributed by atoms with Gasteiger partial charge in [0.15, 0.2) is 6.04 Å². The Bertz CT molecular complexity index is 309. The summed E-state index contributed by atoms with van der Waals surface area (Å²) in [6.45, 7) is 9.09. The van der Waals surface area contributed by atoms with Gasteiger partial charge in [-0.25, -0.2) is 0 Å². The standard InChI is InChI=1S/C21H42NO/c1-6-9-10-11-12-13-14-15-16-17-18-19-20(21(23)7-2)22(4,5)8-3/h7,20H,2,6,8-19H2,1,3-5H3/q+1. The van der Waals surface area contributed by atoms with Crippen LogP contribution in [-0.2, 0) is 4.79 Å².